The van der Waals surface area contributed by atoms with Crippen LogP contribution in [0.4, 0.5) is 0 Å². The highest BCUT2D eigenvalue weighted by molar-refractivity contribution is 7.11. The summed E-state index contributed by atoms with van der Waals surface area (Å²) in [4.78, 5) is 2.93. The van der Waals surface area contributed by atoms with E-state index in [1.807, 2.05) is 18.4 Å². The topological polar surface area (TPSA) is 30.5 Å². The maximum Gasteiger partial charge on any atom is 0.0878 e. The molecule has 0 amide bonds. The maximum atomic E-state index is 6.01. The predicted octanol–water partition coefficient (Wildman–Crippen LogP) is 3.42. The lowest BCUT2D eigenvalue weighted by Crippen LogP contribution is -2.56. The van der Waals surface area contributed by atoms with E-state index in [9.17, 15) is 0 Å². The smallest absolute Gasteiger partial charge is 0.0878 e. The summed E-state index contributed by atoms with van der Waals surface area (Å²) in [5.41, 5.74) is -0.0796. The normalized spacial score (nSPS) is 19.6. The van der Waals surface area contributed by atoms with E-state index < -0.39 is 0 Å². The van der Waals surface area contributed by atoms with Gasteiger partial charge >= 0.3 is 0 Å². The summed E-state index contributed by atoms with van der Waals surface area (Å²) in [6.07, 6.45) is 5.30. The Morgan fingerprint density at radius 3 is 2.57 bits per heavy atom. The monoisotopic (exact) mass is 311 g/mol. The first-order valence-corrected chi connectivity index (χ1v) is 8.99. The molecule has 4 heteroatoms. The molecule has 1 N–H and O–H groups in total. The second kappa shape index (κ2) is 8.28. The molecule has 1 atom stereocenters. The number of methoxy groups -OCH3 is 1. The van der Waals surface area contributed by atoms with Gasteiger partial charge in [-0.2, -0.15) is 0 Å². The highest BCUT2D eigenvalue weighted by Crippen LogP contribution is 2.31. The van der Waals surface area contributed by atoms with Crippen molar-refractivity contribution in [2.45, 2.75) is 57.6 Å². The van der Waals surface area contributed by atoms with Crippen molar-refractivity contribution in [3.05, 3.63) is 21.9 Å². The first-order chi connectivity index (χ1) is 10.2. The summed E-state index contributed by atoms with van der Waals surface area (Å²) in [5, 5.41) is 3.73. The highest BCUT2D eigenvalue weighted by Gasteiger charge is 2.40. The molecule has 21 heavy (non-hydrogen) atoms. The van der Waals surface area contributed by atoms with Gasteiger partial charge in [-0.3, -0.25) is 0 Å². The van der Waals surface area contributed by atoms with Crippen LogP contribution in [0.25, 0.3) is 0 Å². The fourth-order valence-corrected chi connectivity index (χ4v) is 4.10. The minimum absolute atomic E-state index is 0.0796. The van der Waals surface area contributed by atoms with Crippen molar-refractivity contribution >= 4 is 11.3 Å². The zero-order chi connectivity index (χ0) is 15.1. The van der Waals surface area contributed by atoms with E-state index in [-0.39, 0.29) is 5.60 Å². The van der Waals surface area contributed by atoms with E-state index in [2.05, 4.69) is 31.3 Å². The van der Waals surface area contributed by atoms with Crippen LogP contribution >= 0.6 is 11.3 Å². The molecule has 0 spiro atoms. The van der Waals surface area contributed by atoms with Gasteiger partial charge in [-0.1, -0.05) is 13.8 Å². The van der Waals surface area contributed by atoms with Gasteiger partial charge in [0.15, 0.2) is 0 Å². The standard InChI is InChI=1S/C17H29NO2S/c1-4-10-18-16(13-15-7-6-14(5-2)21-15)17(19-3)8-11-20-12-9-17/h6-7,16,18H,4-5,8-13H2,1-3H3. The largest absolute Gasteiger partial charge is 0.381 e. The molecule has 0 aliphatic carbocycles. The Kier molecular flexibility index (Phi) is 6.68. The number of thiophene rings is 1. The van der Waals surface area contributed by atoms with Crippen molar-refractivity contribution in [2.75, 3.05) is 26.9 Å². The van der Waals surface area contributed by atoms with Gasteiger partial charge in [-0.25, -0.2) is 0 Å². The van der Waals surface area contributed by atoms with Gasteiger partial charge < -0.3 is 14.8 Å². The molecule has 0 radical (unpaired) electrons. The lowest BCUT2D eigenvalue weighted by atomic mass is 9.83. The van der Waals surface area contributed by atoms with Gasteiger partial charge in [-0.15, -0.1) is 11.3 Å². The third kappa shape index (κ3) is 4.28. The van der Waals surface area contributed by atoms with Gasteiger partial charge in [0.25, 0.3) is 0 Å². The molecule has 0 aromatic carbocycles. The Labute approximate surface area is 133 Å². The predicted molar refractivity (Wildman–Crippen MR) is 89.3 cm³/mol. The Balaban J connectivity index is 2.11. The minimum atomic E-state index is -0.0796. The lowest BCUT2D eigenvalue weighted by Gasteiger charge is -2.42. The van der Waals surface area contributed by atoms with E-state index in [1.165, 1.54) is 9.75 Å². The molecular formula is C17H29NO2S. The molecule has 2 rings (SSSR count). The van der Waals surface area contributed by atoms with Crippen molar-refractivity contribution < 1.29 is 9.47 Å². The van der Waals surface area contributed by atoms with Crippen LogP contribution in [0.5, 0.6) is 0 Å². The Morgan fingerprint density at radius 2 is 2.00 bits per heavy atom. The number of hydrogen-bond acceptors (Lipinski definition) is 4. The van der Waals surface area contributed by atoms with Crippen LogP contribution in [0.2, 0.25) is 0 Å². The molecular weight excluding hydrogens is 282 g/mol. The summed E-state index contributed by atoms with van der Waals surface area (Å²) >= 11 is 1.94. The first-order valence-electron chi connectivity index (χ1n) is 8.18. The van der Waals surface area contributed by atoms with Crippen LogP contribution in [0, 0.1) is 0 Å². The molecule has 0 bridgehead atoms. The molecule has 1 aliphatic rings. The highest BCUT2D eigenvalue weighted by atomic mass is 32.1. The van der Waals surface area contributed by atoms with Crippen LogP contribution in [0.3, 0.4) is 0 Å². The molecule has 1 unspecified atom stereocenters. The third-order valence-corrected chi connectivity index (χ3v) is 5.74. The molecule has 1 aromatic rings. The molecule has 1 aromatic heterocycles. The number of nitrogens with one attached hydrogen (secondary N) is 1. The van der Waals surface area contributed by atoms with Gasteiger partial charge in [0, 0.05) is 49.0 Å². The Bertz CT molecular complexity index is 413. The molecule has 3 nitrogen and oxygen atoms in total. The second-order valence-electron chi connectivity index (χ2n) is 5.81. The fourth-order valence-electron chi connectivity index (χ4n) is 3.10. The molecule has 1 saturated heterocycles. The van der Waals surface area contributed by atoms with Crippen LogP contribution in [0.15, 0.2) is 12.1 Å². The van der Waals surface area contributed by atoms with Crippen molar-refractivity contribution in [1.29, 1.82) is 0 Å². The third-order valence-electron chi connectivity index (χ3n) is 4.49. The zero-order valence-corrected chi connectivity index (χ0v) is 14.4. The van der Waals surface area contributed by atoms with Crippen molar-refractivity contribution in [3.8, 4) is 0 Å². The molecule has 1 aliphatic heterocycles. The second-order valence-corrected chi connectivity index (χ2v) is 7.07. The van der Waals surface area contributed by atoms with E-state index >= 15 is 0 Å². The van der Waals surface area contributed by atoms with Crippen LogP contribution < -0.4 is 5.32 Å². The molecule has 0 saturated carbocycles. The SMILES string of the molecule is CCCNC(Cc1ccc(CC)s1)C1(OC)CCOCC1. The van der Waals surface area contributed by atoms with E-state index in [4.69, 9.17) is 9.47 Å². The van der Waals surface area contributed by atoms with E-state index in [1.54, 1.807) is 0 Å². The number of aryl methyl sites for hydroxylation is 1. The number of hydrogen-bond donors (Lipinski definition) is 1. The summed E-state index contributed by atoms with van der Waals surface area (Å²) < 4.78 is 11.6. The van der Waals surface area contributed by atoms with Crippen LogP contribution in [-0.2, 0) is 22.3 Å². The Hall–Kier alpha value is -0.420. The Morgan fingerprint density at radius 1 is 1.29 bits per heavy atom. The van der Waals surface area contributed by atoms with E-state index in [0.29, 0.717) is 6.04 Å². The van der Waals surface area contributed by atoms with Crippen LogP contribution in [0.1, 0.15) is 42.9 Å². The summed E-state index contributed by atoms with van der Waals surface area (Å²) in [6.45, 7) is 7.10. The molecule has 120 valence electrons. The molecule has 2 heterocycles. The van der Waals surface area contributed by atoms with Gasteiger partial charge in [0.05, 0.1) is 5.60 Å². The number of ether oxygens (including phenoxy) is 2. The average Bonchev–Trinajstić information content (AvgIpc) is 2.99. The number of rotatable bonds is 8. The van der Waals surface area contributed by atoms with Crippen molar-refractivity contribution in [3.63, 3.8) is 0 Å². The van der Waals surface area contributed by atoms with Crippen LogP contribution in [-0.4, -0.2) is 38.5 Å². The average molecular weight is 311 g/mol. The fraction of sp³-hybridized carbons (Fsp3) is 0.765. The molecule has 1 fully saturated rings. The van der Waals surface area contributed by atoms with E-state index in [0.717, 1.165) is 51.9 Å². The quantitative estimate of drug-likeness (QED) is 0.798. The summed E-state index contributed by atoms with van der Waals surface area (Å²) in [7, 11) is 1.86. The summed E-state index contributed by atoms with van der Waals surface area (Å²) in [5.74, 6) is 0. The zero-order valence-electron chi connectivity index (χ0n) is 13.6. The minimum Gasteiger partial charge on any atom is -0.381 e. The first kappa shape index (κ1) is 16.9. The van der Waals surface area contributed by atoms with Crippen molar-refractivity contribution in [1.82, 2.24) is 5.32 Å². The summed E-state index contributed by atoms with van der Waals surface area (Å²) in [6, 6.07) is 4.92. The van der Waals surface area contributed by atoms with Gasteiger partial charge in [0.2, 0.25) is 0 Å². The maximum absolute atomic E-state index is 6.01. The lowest BCUT2D eigenvalue weighted by molar-refractivity contribution is -0.110. The van der Waals surface area contributed by atoms with Crippen molar-refractivity contribution in [2.24, 2.45) is 0 Å². The van der Waals surface area contributed by atoms with Gasteiger partial charge in [-0.05, 0) is 37.9 Å². The van der Waals surface area contributed by atoms with Gasteiger partial charge in [0.1, 0.15) is 0 Å².